The Morgan fingerprint density at radius 3 is 2.32 bits per heavy atom. The number of amides is 1. The minimum atomic E-state index is 0.0842. The Morgan fingerprint density at radius 2 is 1.75 bits per heavy atom. The van der Waals surface area contributed by atoms with Gasteiger partial charge >= 0.3 is 0 Å². The van der Waals surface area contributed by atoms with Gasteiger partial charge in [-0.05, 0) is 26.2 Å². The van der Waals surface area contributed by atoms with Crippen molar-refractivity contribution >= 4 is 11.9 Å². The average molecular weight is 398 g/mol. The van der Waals surface area contributed by atoms with E-state index in [2.05, 4.69) is 48.5 Å². The number of carbonyl (C=O) groups is 1. The molecule has 0 aromatic carbocycles. The van der Waals surface area contributed by atoms with E-state index in [1.54, 1.807) is 0 Å². The van der Waals surface area contributed by atoms with Crippen LogP contribution < -0.4 is 16.0 Å². The van der Waals surface area contributed by atoms with Gasteiger partial charge in [0.1, 0.15) is 0 Å². The Kier molecular flexibility index (Phi) is 12.9. The molecule has 2 atom stereocenters. The molecule has 1 amide bonds. The molecule has 1 fully saturated rings. The summed E-state index contributed by atoms with van der Waals surface area (Å²) in [5.74, 6) is 1.51. The minimum Gasteiger partial charge on any atom is -0.379 e. The second-order valence-electron chi connectivity index (χ2n) is 7.57. The number of aliphatic imine (C=N–C) groups is 1. The molecule has 28 heavy (non-hydrogen) atoms. The van der Waals surface area contributed by atoms with E-state index in [4.69, 9.17) is 9.73 Å². The van der Waals surface area contributed by atoms with Gasteiger partial charge in [0.15, 0.2) is 5.96 Å². The third kappa shape index (κ3) is 9.24. The maximum atomic E-state index is 12.0. The molecule has 1 aliphatic rings. The van der Waals surface area contributed by atoms with Crippen molar-refractivity contribution in [3.8, 4) is 0 Å². The van der Waals surface area contributed by atoms with Crippen LogP contribution >= 0.6 is 0 Å². The SMILES string of the molecule is CCNC(=NCC(C(CC)CC)N1CCOCC1)NCCC(=O)NC(C)CC. The van der Waals surface area contributed by atoms with E-state index >= 15 is 0 Å². The van der Waals surface area contributed by atoms with Crippen LogP contribution in [0.2, 0.25) is 0 Å². The van der Waals surface area contributed by atoms with E-state index in [-0.39, 0.29) is 11.9 Å². The summed E-state index contributed by atoms with van der Waals surface area (Å²) in [6.45, 7) is 16.4. The van der Waals surface area contributed by atoms with Crippen molar-refractivity contribution in [3.05, 3.63) is 0 Å². The maximum absolute atomic E-state index is 12.0. The second kappa shape index (κ2) is 14.6. The molecule has 164 valence electrons. The van der Waals surface area contributed by atoms with Crippen molar-refractivity contribution < 1.29 is 9.53 Å². The summed E-state index contributed by atoms with van der Waals surface area (Å²) in [5, 5.41) is 9.62. The van der Waals surface area contributed by atoms with E-state index in [1.807, 2.05) is 6.92 Å². The molecule has 7 nitrogen and oxygen atoms in total. The summed E-state index contributed by atoms with van der Waals surface area (Å²) in [4.78, 5) is 19.4. The highest BCUT2D eigenvalue weighted by molar-refractivity contribution is 5.81. The Balaban J connectivity index is 2.63. The molecule has 1 aliphatic heterocycles. The molecule has 1 heterocycles. The van der Waals surface area contributed by atoms with E-state index in [0.29, 0.717) is 24.9 Å². The summed E-state index contributed by atoms with van der Waals surface area (Å²) in [6.07, 6.45) is 3.72. The van der Waals surface area contributed by atoms with Crippen LogP contribution in [-0.2, 0) is 9.53 Å². The standard InChI is InChI=1S/C21H43N5O2/c1-6-17(5)25-20(27)10-11-23-21(22-9-4)24-16-19(18(7-2)8-3)26-12-14-28-15-13-26/h17-19H,6-16H2,1-5H3,(H,25,27)(H2,22,23,24). The molecule has 0 aliphatic carbocycles. The topological polar surface area (TPSA) is 78.0 Å². The number of morpholine rings is 1. The number of nitrogens with one attached hydrogen (secondary N) is 3. The fourth-order valence-corrected chi connectivity index (χ4v) is 3.57. The number of hydrogen-bond donors (Lipinski definition) is 3. The zero-order valence-electron chi connectivity index (χ0n) is 18.7. The lowest BCUT2D eigenvalue weighted by molar-refractivity contribution is -0.121. The maximum Gasteiger partial charge on any atom is 0.221 e. The summed E-state index contributed by atoms with van der Waals surface area (Å²) >= 11 is 0. The van der Waals surface area contributed by atoms with Crippen LogP contribution in [0.15, 0.2) is 4.99 Å². The zero-order chi connectivity index (χ0) is 20.8. The van der Waals surface area contributed by atoms with Gasteiger partial charge in [-0.15, -0.1) is 0 Å². The lowest BCUT2D eigenvalue weighted by atomic mass is 9.92. The number of hydrogen-bond acceptors (Lipinski definition) is 4. The Bertz CT molecular complexity index is 448. The highest BCUT2D eigenvalue weighted by atomic mass is 16.5. The number of nitrogens with zero attached hydrogens (tertiary/aromatic N) is 2. The Morgan fingerprint density at radius 1 is 1.07 bits per heavy atom. The molecule has 1 rings (SSSR count). The first-order valence-electron chi connectivity index (χ1n) is 11.2. The molecule has 0 aromatic heterocycles. The lowest BCUT2D eigenvalue weighted by Gasteiger charge is -2.38. The third-order valence-electron chi connectivity index (χ3n) is 5.55. The van der Waals surface area contributed by atoms with Gasteiger partial charge in [0.05, 0.1) is 19.8 Å². The van der Waals surface area contributed by atoms with Gasteiger partial charge in [-0.1, -0.05) is 33.6 Å². The molecular formula is C21H43N5O2. The van der Waals surface area contributed by atoms with Crippen molar-refractivity contribution in [3.63, 3.8) is 0 Å². The fraction of sp³-hybridized carbons (Fsp3) is 0.905. The first kappa shape index (κ1) is 24.7. The van der Waals surface area contributed by atoms with E-state index < -0.39 is 0 Å². The van der Waals surface area contributed by atoms with Crippen LogP contribution in [0.1, 0.15) is 60.3 Å². The monoisotopic (exact) mass is 397 g/mol. The van der Waals surface area contributed by atoms with E-state index in [9.17, 15) is 4.79 Å². The number of carbonyl (C=O) groups excluding carboxylic acids is 1. The molecule has 0 bridgehead atoms. The Hall–Kier alpha value is -1.34. The number of guanidine groups is 1. The molecule has 3 N–H and O–H groups in total. The second-order valence-corrected chi connectivity index (χ2v) is 7.57. The molecule has 0 saturated carbocycles. The molecule has 0 spiro atoms. The fourth-order valence-electron chi connectivity index (χ4n) is 3.57. The van der Waals surface area contributed by atoms with Gasteiger partial charge in [0, 0.05) is 44.7 Å². The largest absolute Gasteiger partial charge is 0.379 e. The predicted molar refractivity (Wildman–Crippen MR) is 117 cm³/mol. The minimum absolute atomic E-state index is 0.0842. The molecule has 1 saturated heterocycles. The summed E-state index contributed by atoms with van der Waals surface area (Å²) in [6, 6.07) is 0.659. The summed E-state index contributed by atoms with van der Waals surface area (Å²) in [7, 11) is 0. The first-order chi connectivity index (χ1) is 13.5. The van der Waals surface area contributed by atoms with Crippen LogP contribution in [0, 0.1) is 5.92 Å². The highest BCUT2D eigenvalue weighted by Crippen LogP contribution is 2.20. The zero-order valence-corrected chi connectivity index (χ0v) is 18.7. The Labute approximate surface area is 172 Å². The van der Waals surface area contributed by atoms with Crippen LogP contribution in [0.4, 0.5) is 0 Å². The van der Waals surface area contributed by atoms with Gasteiger partial charge < -0.3 is 20.7 Å². The van der Waals surface area contributed by atoms with E-state index in [0.717, 1.165) is 64.6 Å². The normalized spacial score (nSPS) is 18.0. The average Bonchev–Trinajstić information content (AvgIpc) is 2.71. The van der Waals surface area contributed by atoms with Crippen molar-refractivity contribution in [2.45, 2.75) is 72.4 Å². The van der Waals surface area contributed by atoms with Gasteiger partial charge in [-0.25, -0.2) is 0 Å². The summed E-state index contributed by atoms with van der Waals surface area (Å²) < 4.78 is 5.53. The van der Waals surface area contributed by atoms with Crippen molar-refractivity contribution in [1.29, 1.82) is 0 Å². The number of ether oxygens (including phenoxy) is 1. The predicted octanol–water partition coefficient (Wildman–Crippen LogP) is 1.98. The molecule has 7 heteroatoms. The van der Waals surface area contributed by atoms with Gasteiger partial charge in [0.25, 0.3) is 0 Å². The first-order valence-corrected chi connectivity index (χ1v) is 11.2. The van der Waals surface area contributed by atoms with Gasteiger partial charge in [0.2, 0.25) is 5.91 Å². The molecular weight excluding hydrogens is 354 g/mol. The molecule has 0 radical (unpaired) electrons. The van der Waals surface area contributed by atoms with Gasteiger partial charge in [-0.2, -0.15) is 0 Å². The van der Waals surface area contributed by atoms with Crippen molar-refractivity contribution in [2.24, 2.45) is 10.9 Å². The van der Waals surface area contributed by atoms with Crippen LogP contribution in [0.3, 0.4) is 0 Å². The molecule has 2 unspecified atom stereocenters. The lowest BCUT2D eigenvalue weighted by Crippen LogP contribution is -2.49. The highest BCUT2D eigenvalue weighted by Gasteiger charge is 2.26. The number of rotatable bonds is 12. The van der Waals surface area contributed by atoms with Crippen molar-refractivity contribution in [1.82, 2.24) is 20.9 Å². The van der Waals surface area contributed by atoms with E-state index in [1.165, 1.54) is 0 Å². The quantitative estimate of drug-likeness (QED) is 0.347. The molecule has 0 aromatic rings. The van der Waals surface area contributed by atoms with Crippen LogP contribution in [0.25, 0.3) is 0 Å². The smallest absolute Gasteiger partial charge is 0.221 e. The van der Waals surface area contributed by atoms with Crippen LogP contribution in [0.5, 0.6) is 0 Å². The third-order valence-corrected chi connectivity index (χ3v) is 5.55. The van der Waals surface area contributed by atoms with Crippen molar-refractivity contribution in [2.75, 3.05) is 45.9 Å². The van der Waals surface area contributed by atoms with Crippen LogP contribution in [-0.4, -0.2) is 74.8 Å². The summed E-state index contributed by atoms with van der Waals surface area (Å²) in [5.41, 5.74) is 0. The van der Waals surface area contributed by atoms with Gasteiger partial charge in [-0.3, -0.25) is 14.7 Å².